The zero-order valence-electron chi connectivity index (χ0n) is 12.7. The van der Waals surface area contributed by atoms with Gasteiger partial charge in [-0.3, -0.25) is 4.79 Å². The smallest absolute Gasteiger partial charge is 0.255 e. The Kier molecular flexibility index (Phi) is 5.11. The Labute approximate surface area is 146 Å². The molecule has 1 aliphatic heterocycles. The van der Waals surface area contributed by atoms with Crippen LogP contribution in [-0.2, 0) is 4.74 Å². The van der Waals surface area contributed by atoms with Gasteiger partial charge in [-0.05, 0) is 36.4 Å². The second kappa shape index (κ2) is 7.27. The first-order valence-corrected chi connectivity index (χ1v) is 8.22. The van der Waals surface area contributed by atoms with Gasteiger partial charge in [0, 0.05) is 23.1 Å². The molecule has 0 radical (unpaired) electrons. The number of nitrogens with one attached hydrogen (secondary N) is 1. The van der Waals surface area contributed by atoms with Crippen molar-refractivity contribution in [2.75, 3.05) is 36.5 Å². The van der Waals surface area contributed by atoms with E-state index in [-0.39, 0.29) is 5.56 Å². The highest BCUT2D eigenvalue weighted by molar-refractivity contribution is 9.10. The van der Waals surface area contributed by atoms with Crippen LogP contribution in [0.15, 0.2) is 40.9 Å². The van der Waals surface area contributed by atoms with Crippen molar-refractivity contribution in [1.82, 2.24) is 0 Å². The molecule has 0 bridgehead atoms. The molecule has 4 nitrogen and oxygen atoms in total. The summed E-state index contributed by atoms with van der Waals surface area (Å²) in [5, 5.41) is 2.77. The highest BCUT2D eigenvalue weighted by Gasteiger charge is 2.17. The maximum Gasteiger partial charge on any atom is 0.255 e. The van der Waals surface area contributed by atoms with Crippen LogP contribution in [0.4, 0.5) is 20.2 Å². The summed E-state index contributed by atoms with van der Waals surface area (Å²) in [6, 6.07) is 8.64. The fourth-order valence-electron chi connectivity index (χ4n) is 2.52. The fraction of sp³-hybridized carbons (Fsp3) is 0.235. The van der Waals surface area contributed by atoms with Crippen molar-refractivity contribution in [3.05, 3.63) is 58.1 Å². The van der Waals surface area contributed by atoms with Gasteiger partial charge in [0.2, 0.25) is 0 Å². The van der Waals surface area contributed by atoms with Crippen LogP contribution in [-0.4, -0.2) is 32.2 Å². The van der Waals surface area contributed by atoms with E-state index in [1.165, 1.54) is 6.07 Å². The minimum atomic E-state index is -1.05. The summed E-state index contributed by atoms with van der Waals surface area (Å²) in [5.74, 6) is -2.53. The monoisotopic (exact) mass is 396 g/mol. The first-order valence-electron chi connectivity index (χ1n) is 7.43. The fourth-order valence-corrected chi connectivity index (χ4v) is 2.88. The number of amides is 1. The van der Waals surface area contributed by atoms with Gasteiger partial charge in [-0.2, -0.15) is 0 Å². The minimum Gasteiger partial charge on any atom is -0.378 e. The molecule has 126 valence electrons. The molecule has 24 heavy (non-hydrogen) atoms. The number of benzene rings is 2. The largest absolute Gasteiger partial charge is 0.378 e. The number of nitrogens with zero attached hydrogens (tertiary/aromatic N) is 1. The van der Waals surface area contributed by atoms with E-state index in [1.807, 2.05) is 12.1 Å². The summed E-state index contributed by atoms with van der Waals surface area (Å²) >= 11 is 3.38. The third-order valence-electron chi connectivity index (χ3n) is 3.74. The summed E-state index contributed by atoms with van der Waals surface area (Å²) in [5.41, 5.74) is 1.51. The quantitative estimate of drug-likeness (QED) is 0.857. The summed E-state index contributed by atoms with van der Waals surface area (Å²) in [6.07, 6.45) is 0. The summed E-state index contributed by atoms with van der Waals surface area (Å²) < 4.78 is 32.5. The Hall–Kier alpha value is -1.99. The molecule has 0 saturated carbocycles. The lowest BCUT2D eigenvalue weighted by Crippen LogP contribution is -2.36. The normalized spacial score (nSPS) is 14.5. The minimum absolute atomic E-state index is 0.0572. The first kappa shape index (κ1) is 16.9. The van der Waals surface area contributed by atoms with Crippen LogP contribution >= 0.6 is 15.9 Å². The molecule has 7 heteroatoms. The maximum absolute atomic E-state index is 13.3. The third-order valence-corrected chi connectivity index (χ3v) is 4.23. The van der Waals surface area contributed by atoms with Gasteiger partial charge in [0.05, 0.1) is 24.6 Å². The van der Waals surface area contributed by atoms with Gasteiger partial charge in [-0.25, -0.2) is 8.78 Å². The number of carbonyl (C=O) groups is 1. The van der Waals surface area contributed by atoms with Crippen LogP contribution in [0.3, 0.4) is 0 Å². The lowest BCUT2D eigenvalue weighted by atomic mass is 10.1. The predicted octanol–water partition coefficient (Wildman–Crippen LogP) is 3.82. The molecule has 1 amide bonds. The van der Waals surface area contributed by atoms with Crippen molar-refractivity contribution in [2.24, 2.45) is 0 Å². The average Bonchev–Trinajstić information content (AvgIpc) is 2.58. The molecule has 0 atom stereocenters. The predicted molar refractivity (Wildman–Crippen MR) is 91.5 cm³/mol. The average molecular weight is 397 g/mol. The van der Waals surface area contributed by atoms with Gasteiger partial charge in [0.25, 0.3) is 5.91 Å². The van der Waals surface area contributed by atoms with Crippen molar-refractivity contribution in [3.8, 4) is 0 Å². The highest BCUT2D eigenvalue weighted by Crippen LogP contribution is 2.30. The zero-order chi connectivity index (χ0) is 17.1. The van der Waals surface area contributed by atoms with E-state index in [2.05, 4.69) is 26.1 Å². The first-order chi connectivity index (χ1) is 11.5. The molecule has 1 heterocycles. The van der Waals surface area contributed by atoms with E-state index in [1.54, 1.807) is 6.07 Å². The number of hydrogen-bond donors (Lipinski definition) is 1. The van der Waals surface area contributed by atoms with Gasteiger partial charge in [-0.15, -0.1) is 0 Å². The van der Waals surface area contributed by atoms with Crippen LogP contribution < -0.4 is 10.2 Å². The molecular formula is C17H15BrF2N2O2. The van der Waals surface area contributed by atoms with Crippen LogP contribution in [0.25, 0.3) is 0 Å². The number of anilines is 2. The SMILES string of the molecule is O=C(Nc1cc(Br)ccc1N1CCOCC1)c1ccc(F)c(F)c1. The molecule has 0 unspecified atom stereocenters. The van der Waals surface area contributed by atoms with Crippen LogP contribution in [0.2, 0.25) is 0 Å². The second-order valence-electron chi connectivity index (χ2n) is 5.34. The standard InChI is InChI=1S/C17H15BrF2N2O2/c18-12-2-4-16(22-5-7-24-8-6-22)15(10-12)21-17(23)11-1-3-13(19)14(20)9-11/h1-4,9-10H,5-8H2,(H,21,23). The van der Waals surface area contributed by atoms with E-state index in [4.69, 9.17) is 4.74 Å². The van der Waals surface area contributed by atoms with Gasteiger partial charge in [-0.1, -0.05) is 15.9 Å². The van der Waals surface area contributed by atoms with Crippen molar-refractivity contribution in [2.45, 2.75) is 0 Å². The van der Waals surface area contributed by atoms with E-state index in [0.717, 1.165) is 35.4 Å². The lowest BCUT2D eigenvalue weighted by molar-refractivity contribution is 0.102. The topological polar surface area (TPSA) is 41.6 Å². The van der Waals surface area contributed by atoms with Gasteiger partial charge in [0.15, 0.2) is 11.6 Å². The van der Waals surface area contributed by atoms with E-state index < -0.39 is 17.5 Å². The van der Waals surface area contributed by atoms with Gasteiger partial charge >= 0.3 is 0 Å². The molecule has 1 aliphatic rings. The molecule has 2 aromatic carbocycles. The zero-order valence-corrected chi connectivity index (χ0v) is 14.3. The van der Waals surface area contributed by atoms with Crippen molar-refractivity contribution in [3.63, 3.8) is 0 Å². The van der Waals surface area contributed by atoms with E-state index >= 15 is 0 Å². The second-order valence-corrected chi connectivity index (χ2v) is 6.26. The number of rotatable bonds is 3. The Balaban J connectivity index is 1.86. The molecule has 0 aliphatic carbocycles. The number of ether oxygens (including phenoxy) is 1. The van der Waals surface area contributed by atoms with Crippen molar-refractivity contribution >= 4 is 33.2 Å². The Morgan fingerprint density at radius 1 is 1.08 bits per heavy atom. The number of morpholine rings is 1. The number of carbonyl (C=O) groups excluding carboxylic acids is 1. The Morgan fingerprint density at radius 3 is 2.54 bits per heavy atom. The van der Waals surface area contributed by atoms with E-state index in [0.29, 0.717) is 18.9 Å². The van der Waals surface area contributed by atoms with Crippen molar-refractivity contribution < 1.29 is 18.3 Å². The van der Waals surface area contributed by atoms with E-state index in [9.17, 15) is 13.6 Å². The summed E-state index contributed by atoms with van der Waals surface area (Å²) in [4.78, 5) is 14.5. The molecular weight excluding hydrogens is 382 g/mol. The Bertz CT molecular complexity index is 764. The van der Waals surface area contributed by atoms with Gasteiger partial charge < -0.3 is 15.0 Å². The summed E-state index contributed by atoms with van der Waals surface area (Å²) in [7, 11) is 0. The van der Waals surface area contributed by atoms with Gasteiger partial charge in [0.1, 0.15) is 0 Å². The lowest BCUT2D eigenvalue weighted by Gasteiger charge is -2.30. The highest BCUT2D eigenvalue weighted by atomic mass is 79.9. The third kappa shape index (κ3) is 3.73. The van der Waals surface area contributed by atoms with Crippen LogP contribution in [0, 0.1) is 11.6 Å². The molecule has 1 N–H and O–H groups in total. The molecule has 0 spiro atoms. The van der Waals surface area contributed by atoms with Crippen LogP contribution in [0.5, 0.6) is 0 Å². The van der Waals surface area contributed by atoms with Crippen LogP contribution in [0.1, 0.15) is 10.4 Å². The molecule has 3 rings (SSSR count). The van der Waals surface area contributed by atoms with Crippen molar-refractivity contribution in [1.29, 1.82) is 0 Å². The summed E-state index contributed by atoms with van der Waals surface area (Å²) in [6.45, 7) is 2.67. The molecule has 1 saturated heterocycles. The molecule has 2 aromatic rings. The molecule has 1 fully saturated rings. The number of halogens is 3. The molecule has 0 aromatic heterocycles. The Morgan fingerprint density at radius 2 is 1.83 bits per heavy atom. The maximum atomic E-state index is 13.3. The number of hydrogen-bond acceptors (Lipinski definition) is 3.